The summed E-state index contributed by atoms with van der Waals surface area (Å²) < 4.78 is 52.6. The highest BCUT2D eigenvalue weighted by Gasteiger charge is 2.36. The first-order valence-corrected chi connectivity index (χ1v) is 13.5. The number of nitrogens with two attached hydrogens (primary N) is 1. The summed E-state index contributed by atoms with van der Waals surface area (Å²) in [5.41, 5.74) is 6.34. The SMILES string of the molecule is CC1CC(c2ccncc2Nc2ncc3ccc(-c4c(F)cc(C5(F)CCOCC5)cc4F)nn23)CC(N)C1O. The molecule has 210 valence electrons. The molecular formula is C29H31F3N6O2. The number of pyridine rings is 1. The minimum absolute atomic E-state index is 0.0333. The van der Waals surface area contributed by atoms with Crippen molar-refractivity contribution in [3.05, 3.63) is 71.7 Å². The Morgan fingerprint density at radius 3 is 2.58 bits per heavy atom. The molecule has 2 fully saturated rings. The predicted molar refractivity (Wildman–Crippen MR) is 144 cm³/mol. The molecular weight excluding hydrogens is 521 g/mol. The van der Waals surface area contributed by atoms with Gasteiger partial charge in [0, 0.05) is 38.3 Å². The third-order valence-electron chi connectivity index (χ3n) is 8.26. The van der Waals surface area contributed by atoms with Gasteiger partial charge < -0.3 is 20.9 Å². The summed E-state index contributed by atoms with van der Waals surface area (Å²) in [7, 11) is 0. The van der Waals surface area contributed by atoms with Gasteiger partial charge in [-0.3, -0.25) is 4.98 Å². The van der Waals surface area contributed by atoms with E-state index in [1.807, 2.05) is 13.0 Å². The van der Waals surface area contributed by atoms with Crippen molar-refractivity contribution in [2.24, 2.45) is 11.7 Å². The van der Waals surface area contributed by atoms with Gasteiger partial charge in [0.1, 0.15) is 17.3 Å². The van der Waals surface area contributed by atoms with E-state index in [1.54, 1.807) is 24.7 Å². The van der Waals surface area contributed by atoms with E-state index in [4.69, 9.17) is 10.5 Å². The number of alkyl halides is 1. The molecule has 3 aromatic heterocycles. The van der Waals surface area contributed by atoms with Crippen LogP contribution < -0.4 is 11.1 Å². The molecule has 11 heteroatoms. The van der Waals surface area contributed by atoms with E-state index in [2.05, 4.69) is 20.4 Å². The lowest BCUT2D eigenvalue weighted by molar-refractivity contribution is -0.0117. The monoisotopic (exact) mass is 552 g/mol. The number of nitrogens with one attached hydrogen (secondary N) is 1. The van der Waals surface area contributed by atoms with Gasteiger partial charge in [-0.1, -0.05) is 6.92 Å². The molecule has 0 spiro atoms. The van der Waals surface area contributed by atoms with Crippen LogP contribution in [0.4, 0.5) is 24.8 Å². The number of halogens is 3. The first kappa shape index (κ1) is 26.7. The Bertz CT molecular complexity index is 1500. The second-order valence-electron chi connectivity index (χ2n) is 10.9. The molecule has 4 aromatic rings. The van der Waals surface area contributed by atoms with Gasteiger partial charge in [0.2, 0.25) is 5.95 Å². The van der Waals surface area contributed by atoms with E-state index in [-0.39, 0.29) is 60.8 Å². The van der Waals surface area contributed by atoms with Gasteiger partial charge in [-0.15, -0.1) is 0 Å². The molecule has 6 rings (SSSR count). The zero-order valence-electron chi connectivity index (χ0n) is 22.0. The molecule has 1 saturated carbocycles. The number of hydrogen-bond acceptors (Lipinski definition) is 7. The van der Waals surface area contributed by atoms with Gasteiger partial charge in [0.15, 0.2) is 0 Å². The summed E-state index contributed by atoms with van der Waals surface area (Å²) in [5, 5.41) is 18.1. The third-order valence-corrected chi connectivity index (χ3v) is 8.26. The number of benzene rings is 1. The highest BCUT2D eigenvalue weighted by Crippen LogP contribution is 2.40. The molecule has 1 aromatic carbocycles. The van der Waals surface area contributed by atoms with Gasteiger partial charge in [0.25, 0.3) is 0 Å². The molecule has 8 nitrogen and oxygen atoms in total. The number of aliphatic hydroxyl groups excluding tert-OH is 1. The van der Waals surface area contributed by atoms with Crippen molar-refractivity contribution in [3.63, 3.8) is 0 Å². The van der Waals surface area contributed by atoms with Gasteiger partial charge >= 0.3 is 0 Å². The van der Waals surface area contributed by atoms with E-state index < -0.39 is 23.4 Å². The fraction of sp³-hybridized carbons (Fsp3) is 0.414. The molecule has 1 saturated heterocycles. The number of hydrogen-bond donors (Lipinski definition) is 3. The fourth-order valence-electron chi connectivity index (χ4n) is 5.98. The summed E-state index contributed by atoms with van der Waals surface area (Å²) in [6.45, 7) is 2.38. The average molecular weight is 553 g/mol. The number of aromatic nitrogens is 4. The summed E-state index contributed by atoms with van der Waals surface area (Å²) in [5.74, 6) is -1.30. The van der Waals surface area contributed by atoms with E-state index in [1.165, 1.54) is 10.6 Å². The highest BCUT2D eigenvalue weighted by atomic mass is 19.1. The summed E-state index contributed by atoms with van der Waals surface area (Å²) >= 11 is 0. The van der Waals surface area contributed by atoms with E-state index in [0.29, 0.717) is 23.6 Å². The number of nitrogens with zero attached hydrogens (tertiary/aromatic N) is 4. The minimum atomic E-state index is -1.84. The van der Waals surface area contributed by atoms with Crippen molar-refractivity contribution < 1.29 is 23.0 Å². The second-order valence-corrected chi connectivity index (χ2v) is 10.9. The van der Waals surface area contributed by atoms with Gasteiger partial charge in [0.05, 0.1) is 41.0 Å². The molecule has 1 aliphatic heterocycles. The first-order valence-electron chi connectivity index (χ1n) is 13.5. The number of anilines is 2. The maximum absolute atomic E-state index is 15.4. The zero-order chi connectivity index (χ0) is 28.0. The Morgan fingerprint density at radius 1 is 1.10 bits per heavy atom. The molecule has 4 N–H and O–H groups in total. The standard InChI is InChI=1S/C29H31F3N6O2/c1-16-10-17(11-23(33)27(16)39)20-4-7-34-15-25(20)36-28-35-14-19-2-3-24(37-38(19)28)26-21(30)12-18(13-22(26)31)29(32)5-8-40-9-6-29/h2-4,7,12-17,23,27,39H,5-6,8-11,33H2,1H3,(H,35,36). The van der Waals surface area contributed by atoms with Crippen molar-refractivity contribution in [3.8, 4) is 11.3 Å². The topological polar surface area (TPSA) is 111 Å². The average Bonchev–Trinajstić information content (AvgIpc) is 3.33. The van der Waals surface area contributed by atoms with Crippen LogP contribution in [0, 0.1) is 17.6 Å². The summed E-state index contributed by atoms with van der Waals surface area (Å²) in [4.78, 5) is 8.69. The molecule has 0 amide bonds. The fourth-order valence-corrected chi connectivity index (χ4v) is 5.98. The van der Waals surface area contributed by atoms with Crippen LogP contribution in [-0.2, 0) is 10.4 Å². The summed E-state index contributed by atoms with van der Waals surface area (Å²) in [6, 6.07) is 6.86. The second kappa shape index (κ2) is 10.5. The van der Waals surface area contributed by atoms with Gasteiger partial charge in [-0.05, 0) is 66.1 Å². The van der Waals surface area contributed by atoms with Crippen LogP contribution in [0.2, 0.25) is 0 Å². The lowest BCUT2D eigenvalue weighted by Gasteiger charge is -2.36. The van der Waals surface area contributed by atoms with E-state index in [0.717, 1.165) is 24.1 Å². The van der Waals surface area contributed by atoms with Crippen molar-refractivity contribution in [2.75, 3.05) is 18.5 Å². The molecule has 0 bridgehead atoms. The number of aliphatic hydroxyl groups is 1. The van der Waals surface area contributed by atoms with Crippen molar-refractivity contribution >= 4 is 17.2 Å². The van der Waals surface area contributed by atoms with Crippen LogP contribution in [0.5, 0.6) is 0 Å². The molecule has 2 aliphatic rings. The van der Waals surface area contributed by atoms with Crippen LogP contribution in [-0.4, -0.2) is 50.0 Å². The summed E-state index contributed by atoms with van der Waals surface area (Å²) in [6.07, 6.45) is 5.91. The Kier molecular flexibility index (Phi) is 6.97. The quantitative estimate of drug-likeness (QED) is 0.320. The Hall–Kier alpha value is -3.54. The van der Waals surface area contributed by atoms with Crippen molar-refractivity contribution in [1.29, 1.82) is 0 Å². The van der Waals surface area contributed by atoms with E-state index >= 15 is 13.2 Å². The normalized spacial score (nSPS) is 24.8. The number of ether oxygens (including phenoxy) is 1. The molecule has 40 heavy (non-hydrogen) atoms. The minimum Gasteiger partial charge on any atom is -0.391 e. The van der Waals surface area contributed by atoms with E-state index in [9.17, 15) is 5.11 Å². The third kappa shape index (κ3) is 4.82. The molecule has 1 aliphatic carbocycles. The molecule has 0 radical (unpaired) electrons. The molecule has 4 heterocycles. The Balaban J connectivity index is 1.33. The first-order chi connectivity index (χ1) is 19.2. The maximum atomic E-state index is 15.4. The predicted octanol–water partition coefficient (Wildman–Crippen LogP) is 4.99. The van der Waals surface area contributed by atoms with Crippen LogP contribution in [0.15, 0.2) is 48.9 Å². The molecule has 4 atom stereocenters. The Morgan fingerprint density at radius 2 is 1.85 bits per heavy atom. The number of imidazole rings is 1. The smallest absolute Gasteiger partial charge is 0.229 e. The Labute approximate surface area is 229 Å². The lowest BCUT2D eigenvalue weighted by atomic mass is 9.74. The zero-order valence-corrected chi connectivity index (χ0v) is 22.0. The van der Waals surface area contributed by atoms with Crippen LogP contribution in [0.3, 0.4) is 0 Å². The molecule has 4 unspecified atom stereocenters. The largest absolute Gasteiger partial charge is 0.391 e. The van der Waals surface area contributed by atoms with Crippen LogP contribution in [0.25, 0.3) is 16.8 Å². The maximum Gasteiger partial charge on any atom is 0.229 e. The van der Waals surface area contributed by atoms with Crippen molar-refractivity contribution in [1.82, 2.24) is 19.6 Å². The van der Waals surface area contributed by atoms with Crippen LogP contribution in [0.1, 0.15) is 49.7 Å². The van der Waals surface area contributed by atoms with Crippen LogP contribution >= 0.6 is 0 Å². The lowest BCUT2D eigenvalue weighted by Crippen LogP contribution is -2.44. The number of fused-ring (bicyclic) bond motifs is 1. The van der Waals surface area contributed by atoms with Crippen molar-refractivity contribution in [2.45, 2.75) is 56.3 Å². The number of rotatable bonds is 5. The van der Waals surface area contributed by atoms with Gasteiger partial charge in [-0.2, -0.15) is 9.61 Å². The highest BCUT2D eigenvalue weighted by molar-refractivity contribution is 5.66. The van der Waals surface area contributed by atoms with Gasteiger partial charge in [-0.25, -0.2) is 18.2 Å².